The van der Waals surface area contributed by atoms with Crippen molar-refractivity contribution >= 4 is 5.69 Å². The van der Waals surface area contributed by atoms with Crippen molar-refractivity contribution in [3.63, 3.8) is 0 Å². The van der Waals surface area contributed by atoms with Gasteiger partial charge in [-0.25, -0.2) is 0 Å². The second-order valence-corrected chi connectivity index (χ2v) is 7.59. The minimum Gasteiger partial charge on any atom is -0.497 e. The number of hydrogen-bond donors (Lipinski definition) is 1. The fraction of sp³-hybridized carbons (Fsp3) is 0.478. The van der Waals surface area contributed by atoms with Gasteiger partial charge in [-0.15, -0.1) is 0 Å². The number of methoxy groups -OCH3 is 1. The molecule has 9 heteroatoms. The van der Waals surface area contributed by atoms with Crippen molar-refractivity contribution in [2.45, 2.75) is 12.3 Å². The summed E-state index contributed by atoms with van der Waals surface area (Å²) in [5.74, 6) is 1.40. The molecule has 0 spiro atoms. The molecular weight excluding hydrogens is 425 g/mol. The maximum atomic E-state index is 12.9. The van der Waals surface area contributed by atoms with Gasteiger partial charge in [0.2, 0.25) is 0 Å². The first-order valence-electron chi connectivity index (χ1n) is 10.5. The number of anilines is 1. The zero-order chi connectivity index (χ0) is 23.0. The molecule has 1 heterocycles. The number of piperazine rings is 1. The van der Waals surface area contributed by atoms with Gasteiger partial charge in [-0.3, -0.25) is 4.90 Å². The van der Waals surface area contributed by atoms with Crippen LogP contribution in [0, 0.1) is 0 Å². The van der Waals surface area contributed by atoms with Crippen LogP contribution < -0.4 is 14.4 Å². The van der Waals surface area contributed by atoms with Crippen LogP contribution >= 0.6 is 0 Å². The van der Waals surface area contributed by atoms with Crippen LogP contribution in [0.1, 0.15) is 5.56 Å². The van der Waals surface area contributed by atoms with E-state index in [1.807, 2.05) is 23.1 Å². The van der Waals surface area contributed by atoms with Gasteiger partial charge in [-0.1, -0.05) is 12.1 Å². The van der Waals surface area contributed by atoms with E-state index in [0.717, 1.165) is 6.07 Å². The Labute approximate surface area is 186 Å². The first-order valence-corrected chi connectivity index (χ1v) is 10.5. The van der Waals surface area contributed by atoms with E-state index in [9.17, 15) is 18.3 Å². The van der Waals surface area contributed by atoms with Crippen LogP contribution in [0.15, 0.2) is 48.5 Å². The standard InChI is InChI=1S/C23H29F3N2O4/c1-30-21-6-3-7-22(15-21)32-13-12-31-17-20(29)16-27-8-10-28(11-9-27)19-5-2-4-18(14-19)23(24,25)26/h2-7,14-15,20,29H,8-13,16-17H2,1H3/t20-/m1/s1. The lowest BCUT2D eigenvalue weighted by molar-refractivity contribution is -0.137. The van der Waals surface area contributed by atoms with E-state index >= 15 is 0 Å². The van der Waals surface area contributed by atoms with Gasteiger partial charge in [-0.05, 0) is 30.3 Å². The van der Waals surface area contributed by atoms with Crippen molar-refractivity contribution in [1.29, 1.82) is 0 Å². The molecule has 0 bridgehead atoms. The van der Waals surface area contributed by atoms with Crippen LogP contribution in [-0.4, -0.2) is 75.8 Å². The van der Waals surface area contributed by atoms with Crippen LogP contribution in [0.25, 0.3) is 0 Å². The van der Waals surface area contributed by atoms with Crippen molar-refractivity contribution in [2.75, 3.05) is 64.6 Å². The van der Waals surface area contributed by atoms with Crippen LogP contribution in [0.4, 0.5) is 18.9 Å². The van der Waals surface area contributed by atoms with Gasteiger partial charge in [0.15, 0.2) is 0 Å². The molecule has 1 N–H and O–H groups in total. The maximum Gasteiger partial charge on any atom is 0.416 e. The Morgan fingerprint density at radius 1 is 0.969 bits per heavy atom. The Morgan fingerprint density at radius 3 is 2.41 bits per heavy atom. The summed E-state index contributed by atoms with van der Waals surface area (Å²) in [6, 6.07) is 12.7. The van der Waals surface area contributed by atoms with E-state index in [2.05, 4.69) is 4.90 Å². The molecule has 2 aromatic carbocycles. The maximum absolute atomic E-state index is 12.9. The Bertz CT molecular complexity index is 842. The van der Waals surface area contributed by atoms with Crippen LogP contribution in [0.2, 0.25) is 0 Å². The number of β-amino-alcohol motifs (C(OH)–C–C–N with tert-alkyl or cyclic N) is 1. The summed E-state index contributed by atoms with van der Waals surface area (Å²) in [7, 11) is 1.59. The van der Waals surface area contributed by atoms with Gasteiger partial charge in [0.25, 0.3) is 0 Å². The molecule has 1 aliphatic heterocycles. The van der Waals surface area contributed by atoms with Crippen molar-refractivity contribution in [3.8, 4) is 11.5 Å². The summed E-state index contributed by atoms with van der Waals surface area (Å²) in [5, 5.41) is 10.2. The predicted molar refractivity (Wildman–Crippen MR) is 115 cm³/mol. The third-order valence-corrected chi connectivity index (χ3v) is 5.23. The first-order chi connectivity index (χ1) is 15.3. The quantitative estimate of drug-likeness (QED) is 0.556. The summed E-state index contributed by atoms with van der Waals surface area (Å²) < 4.78 is 55.0. The first kappa shape index (κ1) is 24.2. The smallest absolute Gasteiger partial charge is 0.416 e. The number of hydrogen-bond acceptors (Lipinski definition) is 6. The molecule has 6 nitrogen and oxygen atoms in total. The zero-order valence-corrected chi connectivity index (χ0v) is 18.1. The minimum atomic E-state index is -4.35. The number of aliphatic hydroxyl groups is 1. The number of alkyl halides is 3. The molecule has 1 saturated heterocycles. The number of nitrogens with zero attached hydrogens (tertiary/aromatic N) is 2. The number of ether oxygens (including phenoxy) is 3. The summed E-state index contributed by atoms with van der Waals surface area (Å²) in [6.07, 6.45) is -4.99. The van der Waals surface area contributed by atoms with Crippen LogP contribution in [0.3, 0.4) is 0 Å². The monoisotopic (exact) mass is 454 g/mol. The van der Waals surface area contributed by atoms with E-state index in [1.165, 1.54) is 12.1 Å². The zero-order valence-electron chi connectivity index (χ0n) is 18.1. The average Bonchev–Trinajstić information content (AvgIpc) is 2.79. The second kappa shape index (κ2) is 11.4. The molecule has 3 rings (SSSR count). The van der Waals surface area contributed by atoms with Gasteiger partial charge in [0, 0.05) is 44.5 Å². The van der Waals surface area contributed by atoms with Crippen LogP contribution in [-0.2, 0) is 10.9 Å². The summed E-state index contributed by atoms with van der Waals surface area (Å²) in [4.78, 5) is 4.02. The third-order valence-electron chi connectivity index (χ3n) is 5.23. The molecule has 0 aliphatic carbocycles. The van der Waals surface area contributed by atoms with Crippen molar-refractivity contribution < 1.29 is 32.5 Å². The van der Waals surface area contributed by atoms with Gasteiger partial charge in [-0.2, -0.15) is 13.2 Å². The third kappa shape index (κ3) is 7.29. The molecule has 0 unspecified atom stereocenters. The lowest BCUT2D eigenvalue weighted by Gasteiger charge is -2.37. The predicted octanol–water partition coefficient (Wildman–Crippen LogP) is 3.29. The number of halogens is 3. The van der Waals surface area contributed by atoms with E-state index in [0.29, 0.717) is 63.1 Å². The SMILES string of the molecule is COc1cccc(OCCOC[C@H](O)CN2CCN(c3cccc(C(F)(F)F)c3)CC2)c1. The minimum absolute atomic E-state index is 0.190. The lowest BCUT2D eigenvalue weighted by atomic mass is 10.1. The second-order valence-electron chi connectivity index (χ2n) is 7.59. The normalized spacial score (nSPS) is 16.1. The molecule has 2 aromatic rings. The topological polar surface area (TPSA) is 54.4 Å². The molecule has 0 amide bonds. The Hall–Kier alpha value is -2.49. The lowest BCUT2D eigenvalue weighted by Crippen LogP contribution is -2.49. The van der Waals surface area contributed by atoms with E-state index in [4.69, 9.17) is 14.2 Å². The Morgan fingerprint density at radius 2 is 1.69 bits per heavy atom. The fourth-order valence-electron chi connectivity index (χ4n) is 3.55. The van der Waals surface area contributed by atoms with Crippen molar-refractivity contribution in [3.05, 3.63) is 54.1 Å². The highest BCUT2D eigenvalue weighted by Gasteiger charge is 2.31. The Balaban J connectivity index is 1.33. The number of rotatable bonds is 10. The van der Waals surface area contributed by atoms with Gasteiger partial charge in [0.1, 0.15) is 18.1 Å². The van der Waals surface area contributed by atoms with E-state index in [1.54, 1.807) is 19.2 Å². The average molecular weight is 454 g/mol. The Kier molecular flexibility index (Phi) is 8.60. The highest BCUT2D eigenvalue weighted by Crippen LogP contribution is 2.31. The van der Waals surface area contributed by atoms with Crippen molar-refractivity contribution in [2.24, 2.45) is 0 Å². The highest BCUT2D eigenvalue weighted by atomic mass is 19.4. The van der Waals surface area contributed by atoms with E-state index < -0.39 is 17.8 Å². The summed E-state index contributed by atoms with van der Waals surface area (Å²) in [5.41, 5.74) is -0.0697. The van der Waals surface area contributed by atoms with Crippen LogP contribution in [0.5, 0.6) is 11.5 Å². The highest BCUT2D eigenvalue weighted by molar-refractivity contribution is 5.49. The number of aliphatic hydroxyl groups excluding tert-OH is 1. The molecule has 0 aromatic heterocycles. The molecule has 1 aliphatic rings. The molecule has 0 saturated carbocycles. The molecular formula is C23H29F3N2O4. The molecule has 0 radical (unpaired) electrons. The molecule has 1 fully saturated rings. The van der Waals surface area contributed by atoms with Crippen molar-refractivity contribution in [1.82, 2.24) is 4.90 Å². The van der Waals surface area contributed by atoms with Gasteiger partial charge in [0.05, 0.1) is 32.0 Å². The van der Waals surface area contributed by atoms with E-state index in [-0.39, 0.29) is 6.61 Å². The number of benzene rings is 2. The fourth-order valence-corrected chi connectivity index (χ4v) is 3.55. The van der Waals surface area contributed by atoms with Gasteiger partial charge >= 0.3 is 6.18 Å². The largest absolute Gasteiger partial charge is 0.497 e. The van der Waals surface area contributed by atoms with Gasteiger partial charge < -0.3 is 24.2 Å². The molecule has 176 valence electrons. The summed E-state index contributed by atoms with van der Waals surface area (Å²) >= 11 is 0. The molecule has 32 heavy (non-hydrogen) atoms. The summed E-state index contributed by atoms with van der Waals surface area (Å²) in [6.45, 7) is 3.86. The molecule has 1 atom stereocenters.